The summed E-state index contributed by atoms with van der Waals surface area (Å²) in [7, 11) is 0. The number of aromatic hydroxyl groups is 1. The van der Waals surface area contributed by atoms with Crippen LogP contribution in [0.5, 0.6) is 5.75 Å². The molecule has 0 bridgehead atoms. The molecule has 1 aliphatic carbocycles. The number of nitrogens with one attached hydrogen (secondary N) is 1. The number of hydrogen-bond donors (Lipinski definition) is 2. The molecule has 2 aromatic carbocycles. The zero-order valence-corrected chi connectivity index (χ0v) is 20.9. The van der Waals surface area contributed by atoms with Crippen molar-refractivity contribution in [2.45, 2.75) is 40.0 Å². The van der Waals surface area contributed by atoms with Crippen molar-refractivity contribution in [3.8, 4) is 5.75 Å². The number of carbonyl (C=O) groups excluding carboxylic acids is 1. The van der Waals surface area contributed by atoms with Crippen LogP contribution >= 0.6 is 27.3 Å². The lowest BCUT2D eigenvalue weighted by atomic mass is 9.72. The molecule has 0 radical (unpaired) electrons. The number of para-hydroxylation sites is 1. The van der Waals surface area contributed by atoms with E-state index in [1.165, 1.54) is 4.88 Å². The Morgan fingerprint density at radius 1 is 1.22 bits per heavy atom. The van der Waals surface area contributed by atoms with Gasteiger partial charge < -0.3 is 10.4 Å². The Hall–Kier alpha value is -2.44. The van der Waals surface area contributed by atoms with E-state index >= 15 is 0 Å². The molecule has 6 heteroatoms. The largest absolute Gasteiger partial charge is 0.507 e. The molecule has 0 aliphatic heterocycles. The minimum absolute atomic E-state index is 0.109. The topological polar surface area (TPSA) is 61.7 Å². The summed E-state index contributed by atoms with van der Waals surface area (Å²) in [6.45, 7) is 6.88. The monoisotopic (exact) mass is 510 g/mol. The number of thiophene rings is 1. The molecule has 0 saturated heterocycles. The number of rotatable bonds is 4. The SMILES string of the molecule is CC(C)(C)[C@@H]1CCc2c(sc(N=Cc3ccc(O)c(Br)c3)c2C(=O)Nc2ccccc2)C1. The number of carbonyl (C=O) groups is 1. The van der Waals surface area contributed by atoms with Gasteiger partial charge in [0.05, 0.1) is 10.0 Å². The summed E-state index contributed by atoms with van der Waals surface area (Å²) in [5, 5.41) is 13.5. The zero-order valence-electron chi connectivity index (χ0n) is 18.5. The third kappa shape index (κ3) is 4.97. The number of halogens is 1. The van der Waals surface area contributed by atoms with E-state index in [2.05, 4.69) is 42.0 Å². The van der Waals surface area contributed by atoms with Crippen molar-refractivity contribution in [1.29, 1.82) is 0 Å². The summed E-state index contributed by atoms with van der Waals surface area (Å²) in [6.07, 6.45) is 4.70. The summed E-state index contributed by atoms with van der Waals surface area (Å²) in [4.78, 5) is 19.3. The molecule has 1 aromatic heterocycles. The van der Waals surface area contributed by atoms with Crippen LogP contribution < -0.4 is 5.32 Å². The molecule has 1 heterocycles. The number of anilines is 1. The number of hydrogen-bond acceptors (Lipinski definition) is 4. The fourth-order valence-corrected chi connectivity index (χ4v) is 5.75. The molecule has 32 heavy (non-hydrogen) atoms. The van der Waals surface area contributed by atoms with Crippen molar-refractivity contribution < 1.29 is 9.90 Å². The van der Waals surface area contributed by atoms with Gasteiger partial charge in [0, 0.05) is 16.8 Å². The number of amides is 1. The Bertz CT molecular complexity index is 1160. The van der Waals surface area contributed by atoms with Gasteiger partial charge in [-0.25, -0.2) is 4.99 Å². The van der Waals surface area contributed by atoms with Gasteiger partial charge in [-0.1, -0.05) is 39.0 Å². The van der Waals surface area contributed by atoms with Crippen LogP contribution in [-0.4, -0.2) is 17.2 Å². The van der Waals surface area contributed by atoms with Crippen molar-refractivity contribution in [3.63, 3.8) is 0 Å². The number of fused-ring (bicyclic) bond motifs is 1. The van der Waals surface area contributed by atoms with Crippen molar-refractivity contribution >= 4 is 50.1 Å². The molecular weight excluding hydrogens is 484 g/mol. The molecule has 1 aliphatic rings. The van der Waals surface area contributed by atoms with Crippen LogP contribution in [0.25, 0.3) is 0 Å². The molecule has 166 valence electrons. The lowest BCUT2D eigenvalue weighted by Crippen LogP contribution is -2.27. The van der Waals surface area contributed by atoms with E-state index in [9.17, 15) is 9.90 Å². The highest BCUT2D eigenvalue weighted by molar-refractivity contribution is 9.10. The molecule has 4 rings (SSSR count). The Balaban J connectivity index is 1.71. The van der Waals surface area contributed by atoms with Crippen LogP contribution in [0, 0.1) is 11.3 Å². The Morgan fingerprint density at radius 2 is 1.97 bits per heavy atom. The van der Waals surface area contributed by atoms with Gasteiger partial charge in [-0.3, -0.25) is 4.79 Å². The number of phenols is 1. The van der Waals surface area contributed by atoms with Crippen LogP contribution in [0.1, 0.15) is 53.6 Å². The first-order valence-electron chi connectivity index (χ1n) is 10.8. The second kappa shape index (κ2) is 9.20. The van der Waals surface area contributed by atoms with E-state index in [1.54, 1.807) is 29.7 Å². The maximum atomic E-state index is 13.3. The minimum Gasteiger partial charge on any atom is -0.507 e. The summed E-state index contributed by atoms with van der Waals surface area (Å²) in [6, 6.07) is 14.8. The second-order valence-corrected chi connectivity index (χ2v) is 11.2. The molecule has 1 atom stereocenters. The van der Waals surface area contributed by atoms with Gasteiger partial charge in [0.15, 0.2) is 0 Å². The fourth-order valence-electron chi connectivity index (χ4n) is 4.09. The zero-order chi connectivity index (χ0) is 22.9. The Labute approximate surface area is 201 Å². The maximum absolute atomic E-state index is 13.3. The maximum Gasteiger partial charge on any atom is 0.259 e. The van der Waals surface area contributed by atoms with Gasteiger partial charge in [-0.15, -0.1) is 11.3 Å². The van der Waals surface area contributed by atoms with Crippen LogP contribution in [-0.2, 0) is 12.8 Å². The number of benzene rings is 2. The highest BCUT2D eigenvalue weighted by atomic mass is 79.9. The minimum atomic E-state index is -0.109. The van der Waals surface area contributed by atoms with E-state index in [-0.39, 0.29) is 17.1 Å². The molecule has 0 unspecified atom stereocenters. The normalized spacial score (nSPS) is 16.2. The molecule has 4 nitrogen and oxygen atoms in total. The smallest absolute Gasteiger partial charge is 0.259 e. The van der Waals surface area contributed by atoms with Crippen molar-refractivity contribution in [3.05, 3.63) is 74.6 Å². The molecule has 3 aromatic rings. The average molecular weight is 511 g/mol. The first-order valence-corrected chi connectivity index (χ1v) is 12.4. The fraction of sp³-hybridized carbons (Fsp3) is 0.308. The first-order chi connectivity index (χ1) is 15.2. The molecular formula is C26H27BrN2O2S. The third-order valence-corrected chi connectivity index (χ3v) is 7.83. The van der Waals surface area contributed by atoms with Crippen LogP contribution in [0.4, 0.5) is 10.7 Å². The molecule has 0 fully saturated rings. The van der Waals surface area contributed by atoms with Crippen LogP contribution in [0.3, 0.4) is 0 Å². The van der Waals surface area contributed by atoms with E-state index in [1.807, 2.05) is 36.4 Å². The van der Waals surface area contributed by atoms with Gasteiger partial charge in [0.2, 0.25) is 0 Å². The standard InChI is InChI=1S/C26H27BrN2O2S/c1-26(2,3)17-10-11-19-22(14-17)32-25(28-15-16-9-12-21(30)20(27)13-16)23(19)24(31)29-18-7-5-4-6-8-18/h4-9,12-13,15,17,30H,10-11,14H2,1-3H3,(H,29,31)/t17-/m1/s1. The highest BCUT2D eigenvalue weighted by Crippen LogP contribution is 2.45. The van der Waals surface area contributed by atoms with E-state index in [0.29, 0.717) is 16.0 Å². The van der Waals surface area contributed by atoms with Gasteiger partial charge in [-0.05, 0) is 88.0 Å². The Morgan fingerprint density at radius 3 is 2.66 bits per heavy atom. The molecule has 0 spiro atoms. The highest BCUT2D eigenvalue weighted by Gasteiger charge is 2.33. The number of phenolic OH excluding ortho intramolecular Hbond substituents is 1. The van der Waals surface area contributed by atoms with E-state index in [4.69, 9.17) is 4.99 Å². The lowest BCUT2D eigenvalue weighted by Gasteiger charge is -2.33. The predicted octanol–water partition coefficient (Wildman–Crippen LogP) is 7.37. The predicted molar refractivity (Wildman–Crippen MR) is 137 cm³/mol. The van der Waals surface area contributed by atoms with Gasteiger partial charge in [0.1, 0.15) is 10.8 Å². The number of aliphatic imine (C=N–C) groups is 1. The first kappa shape index (κ1) is 22.7. The van der Waals surface area contributed by atoms with Crippen molar-refractivity contribution in [2.24, 2.45) is 16.3 Å². The Kier molecular flexibility index (Phi) is 6.54. The van der Waals surface area contributed by atoms with Gasteiger partial charge >= 0.3 is 0 Å². The van der Waals surface area contributed by atoms with Crippen LogP contribution in [0.15, 0.2) is 58.0 Å². The van der Waals surface area contributed by atoms with Gasteiger partial charge in [0.25, 0.3) is 5.91 Å². The lowest BCUT2D eigenvalue weighted by molar-refractivity contribution is 0.102. The quantitative estimate of drug-likeness (QED) is 0.359. The van der Waals surface area contributed by atoms with Crippen molar-refractivity contribution in [1.82, 2.24) is 0 Å². The number of nitrogens with zero attached hydrogens (tertiary/aromatic N) is 1. The summed E-state index contributed by atoms with van der Waals surface area (Å²) in [5.74, 6) is 0.662. The van der Waals surface area contributed by atoms with Gasteiger partial charge in [-0.2, -0.15) is 0 Å². The summed E-state index contributed by atoms with van der Waals surface area (Å²) < 4.78 is 0.613. The van der Waals surface area contributed by atoms with E-state index < -0.39 is 0 Å². The third-order valence-electron chi connectivity index (χ3n) is 6.03. The molecule has 2 N–H and O–H groups in total. The second-order valence-electron chi connectivity index (χ2n) is 9.28. The summed E-state index contributed by atoms with van der Waals surface area (Å²) >= 11 is 4.97. The average Bonchev–Trinajstić information content (AvgIpc) is 3.12. The molecule has 1 amide bonds. The summed E-state index contributed by atoms with van der Waals surface area (Å²) in [5.41, 5.74) is 3.69. The van der Waals surface area contributed by atoms with Crippen molar-refractivity contribution in [2.75, 3.05) is 5.32 Å². The van der Waals surface area contributed by atoms with E-state index in [0.717, 1.165) is 41.1 Å². The van der Waals surface area contributed by atoms with Crippen LogP contribution in [0.2, 0.25) is 0 Å². The molecule has 0 saturated carbocycles.